The summed E-state index contributed by atoms with van der Waals surface area (Å²) in [4.78, 5) is 63.8. The second kappa shape index (κ2) is 6.79. The van der Waals surface area contributed by atoms with E-state index >= 15 is 0 Å². The molecule has 0 radical (unpaired) electrons. The number of alkyl halides is 3. The van der Waals surface area contributed by atoms with Crippen LogP contribution in [0, 0.1) is 6.92 Å². The Bertz CT molecular complexity index is 1900. The fraction of sp³-hybridized carbons (Fsp3) is 0.0870. The number of carbonyl (C=O) groups is 1. The molecule has 0 aliphatic carbocycles. The van der Waals surface area contributed by atoms with Gasteiger partial charge in [0, 0.05) is 27.2 Å². The fourth-order valence-electron chi connectivity index (χ4n) is 3.95. The first kappa shape index (κ1) is 21.0. The highest BCUT2D eigenvalue weighted by atomic mass is 32.1. The molecule has 10 heteroatoms. The molecule has 5 aromatic rings. The Hall–Kier alpha value is -3.92. The zero-order valence-corrected chi connectivity index (χ0v) is 17.4. The standard InChI is InChI=1S/C23H10F3NO5S/c1-8-2-4-10-12(6-8)18(30)20-14(16(10)28)15-17(29)11-5-3-9(27-22(32)23(24,25)26)7-13(11)19(31)21(15)33-20/h2-7H,1H3,(H,27,32). The predicted molar refractivity (Wildman–Crippen MR) is 121 cm³/mol. The Kier molecular flexibility index (Phi) is 4.31. The van der Waals surface area contributed by atoms with Crippen LogP contribution >= 0.6 is 11.3 Å². The molecule has 1 aromatic heterocycles. The summed E-state index contributed by atoms with van der Waals surface area (Å²) in [5, 5.41) is 1.29. The molecule has 1 N–H and O–H groups in total. The predicted octanol–water partition coefficient (Wildman–Crippen LogP) is 3.49. The minimum atomic E-state index is -5.14. The van der Waals surface area contributed by atoms with Crippen molar-refractivity contribution >= 4 is 64.6 Å². The molecule has 0 atom stereocenters. The molecule has 33 heavy (non-hydrogen) atoms. The molecule has 164 valence electrons. The second-order valence-corrected chi connectivity index (χ2v) is 8.61. The normalized spacial score (nSPS) is 12.2. The lowest BCUT2D eigenvalue weighted by molar-refractivity contribution is -0.167. The van der Waals surface area contributed by atoms with Crippen molar-refractivity contribution in [2.75, 3.05) is 5.32 Å². The first-order chi connectivity index (χ1) is 15.5. The van der Waals surface area contributed by atoms with Gasteiger partial charge in [0.25, 0.3) is 0 Å². The maximum Gasteiger partial charge on any atom is 0.471 e. The van der Waals surface area contributed by atoms with Crippen molar-refractivity contribution < 1.29 is 18.0 Å². The molecule has 5 rings (SSSR count). The second-order valence-electron chi connectivity index (χ2n) is 7.59. The third-order valence-corrected chi connectivity index (χ3v) is 6.65. The number of hydrogen-bond acceptors (Lipinski definition) is 6. The Morgan fingerprint density at radius 1 is 0.758 bits per heavy atom. The van der Waals surface area contributed by atoms with E-state index in [2.05, 4.69) is 0 Å². The van der Waals surface area contributed by atoms with Gasteiger partial charge in [-0.2, -0.15) is 13.2 Å². The zero-order valence-electron chi connectivity index (χ0n) is 16.5. The Balaban J connectivity index is 1.89. The van der Waals surface area contributed by atoms with E-state index in [1.165, 1.54) is 6.07 Å². The first-order valence-electron chi connectivity index (χ1n) is 9.47. The van der Waals surface area contributed by atoms with E-state index in [0.29, 0.717) is 11.3 Å². The summed E-state index contributed by atoms with van der Waals surface area (Å²) in [6.45, 7) is 1.76. The highest BCUT2D eigenvalue weighted by Gasteiger charge is 2.38. The maximum absolute atomic E-state index is 13.2. The topological polar surface area (TPSA) is 97.4 Å². The molecule has 6 nitrogen and oxygen atoms in total. The van der Waals surface area contributed by atoms with Crippen molar-refractivity contribution in [2.45, 2.75) is 13.1 Å². The van der Waals surface area contributed by atoms with Crippen LogP contribution in [-0.4, -0.2) is 12.1 Å². The lowest BCUT2D eigenvalue weighted by Gasteiger charge is -2.08. The number of fused-ring (bicyclic) bond motifs is 5. The quantitative estimate of drug-likeness (QED) is 0.406. The van der Waals surface area contributed by atoms with Crippen molar-refractivity contribution in [3.8, 4) is 0 Å². The number of amides is 1. The summed E-state index contributed by atoms with van der Waals surface area (Å²) in [6, 6.07) is 7.86. The molecule has 0 spiro atoms. The van der Waals surface area contributed by atoms with Crippen molar-refractivity contribution in [1.82, 2.24) is 0 Å². The van der Waals surface area contributed by atoms with Crippen molar-refractivity contribution in [3.63, 3.8) is 0 Å². The van der Waals surface area contributed by atoms with Crippen molar-refractivity contribution in [3.05, 3.63) is 82.9 Å². The fourth-order valence-corrected chi connectivity index (χ4v) is 5.16. The van der Waals surface area contributed by atoms with E-state index in [9.17, 15) is 37.1 Å². The molecule has 0 saturated heterocycles. The van der Waals surface area contributed by atoms with E-state index in [1.807, 2.05) is 0 Å². The summed E-state index contributed by atoms with van der Waals surface area (Å²) >= 11 is 0.710. The average molecular weight is 469 g/mol. The molecule has 1 amide bonds. The number of nitrogens with one attached hydrogen (secondary N) is 1. The number of thiophene rings is 1. The number of carbonyl (C=O) groups excluding carboxylic acids is 1. The summed E-state index contributed by atoms with van der Waals surface area (Å²) in [5.74, 6) is -2.23. The van der Waals surface area contributed by atoms with E-state index in [0.717, 1.165) is 23.8 Å². The van der Waals surface area contributed by atoms with Crippen LogP contribution < -0.4 is 27.0 Å². The van der Waals surface area contributed by atoms with Crippen molar-refractivity contribution in [2.24, 2.45) is 0 Å². The van der Waals surface area contributed by atoms with Crippen molar-refractivity contribution in [1.29, 1.82) is 0 Å². The van der Waals surface area contributed by atoms with Gasteiger partial charge >= 0.3 is 12.1 Å². The third kappa shape index (κ3) is 2.98. The summed E-state index contributed by atoms with van der Waals surface area (Å²) < 4.78 is 37.5. The molecular weight excluding hydrogens is 459 g/mol. The highest BCUT2D eigenvalue weighted by molar-refractivity contribution is 7.25. The zero-order chi connectivity index (χ0) is 23.8. The van der Waals surface area contributed by atoms with Crippen LogP contribution in [0.15, 0.2) is 55.6 Å². The monoisotopic (exact) mass is 469 g/mol. The number of aryl methyl sites for hydroxylation is 1. The van der Waals surface area contributed by atoms with Gasteiger partial charge in [-0.15, -0.1) is 11.3 Å². The molecule has 0 fully saturated rings. The lowest BCUT2D eigenvalue weighted by atomic mass is 10.0. The minimum Gasteiger partial charge on any atom is -0.318 e. The highest BCUT2D eigenvalue weighted by Crippen LogP contribution is 2.30. The minimum absolute atomic E-state index is 0.0248. The van der Waals surface area contributed by atoms with Gasteiger partial charge in [-0.3, -0.25) is 24.0 Å². The molecule has 0 bridgehead atoms. The van der Waals surface area contributed by atoms with Crippen LogP contribution in [0.1, 0.15) is 5.56 Å². The molecule has 1 heterocycles. The van der Waals surface area contributed by atoms with Gasteiger partial charge in [0.15, 0.2) is 10.9 Å². The van der Waals surface area contributed by atoms with Crippen LogP contribution in [0.3, 0.4) is 0 Å². The van der Waals surface area contributed by atoms with E-state index in [4.69, 9.17) is 0 Å². The smallest absolute Gasteiger partial charge is 0.318 e. The summed E-state index contributed by atoms with van der Waals surface area (Å²) in [5.41, 5.74) is -2.00. The Morgan fingerprint density at radius 3 is 1.82 bits per heavy atom. The lowest BCUT2D eigenvalue weighted by Crippen LogP contribution is -2.30. The molecular formula is C23H10F3NO5S. The van der Waals surface area contributed by atoms with Gasteiger partial charge in [0.05, 0.1) is 20.2 Å². The number of anilines is 1. The van der Waals surface area contributed by atoms with E-state index < -0.39 is 33.8 Å². The van der Waals surface area contributed by atoms with E-state index in [1.54, 1.807) is 24.4 Å². The largest absolute Gasteiger partial charge is 0.471 e. The number of hydrogen-bond donors (Lipinski definition) is 1. The Morgan fingerprint density at radius 2 is 1.27 bits per heavy atom. The number of halogens is 3. The first-order valence-corrected chi connectivity index (χ1v) is 10.3. The summed E-state index contributed by atoms with van der Waals surface area (Å²) in [6.07, 6.45) is -5.14. The van der Waals surface area contributed by atoms with Gasteiger partial charge in [0.2, 0.25) is 10.9 Å². The van der Waals surface area contributed by atoms with Gasteiger partial charge in [-0.1, -0.05) is 17.7 Å². The molecule has 0 aliphatic heterocycles. The van der Waals surface area contributed by atoms with Crippen LogP contribution in [-0.2, 0) is 4.79 Å². The number of rotatable bonds is 1. The third-order valence-electron chi connectivity index (χ3n) is 5.46. The molecule has 0 aliphatic rings. The van der Waals surface area contributed by atoms with Crippen LogP contribution in [0.5, 0.6) is 0 Å². The SMILES string of the molecule is Cc1ccc2c(=O)c3c(sc4c(=O)c5cc(NC(=O)C(F)(F)F)ccc5c(=O)c43)c(=O)c2c1. The Labute approximate surface area is 184 Å². The molecule has 0 saturated carbocycles. The maximum atomic E-state index is 13.2. The van der Waals surface area contributed by atoms with Gasteiger partial charge < -0.3 is 5.32 Å². The summed E-state index contributed by atoms with van der Waals surface area (Å²) in [7, 11) is 0. The van der Waals surface area contributed by atoms with E-state index in [-0.39, 0.29) is 47.4 Å². The van der Waals surface area contributed by atoms with Gasteiger partial charge in [-0.05, 0) is 31.2 Å². The average Bonchev–Trinajstić information content (AvgIpc) is 3.16. The van der Waals surface area contributed by atoms with Crippen LogP contribution in [0.2, 0.25) is 0 Å². The van der Waals surface area contributed by atoms with Crippen LogP contribution in [0.25, 0.3) is 41.7 Å². The molecule has 4 aromatic carbocycles. The van der Waals surface area contributed by atoms with Crippen LogP contribution in [0.4, 0.5) is 18.9 Å². The number of benzene rings is 4. The van der Waals surface area contributed by atoms with Gasteiger partial charge in [-0.25, -0.2) is 0 Å². The molecule has 0 unspecified atom stereocenters. The van der Waals surface area contributed by atoms with Gasteiger partial charge in [0.1, 0.15) is 0 Å².